The van der Waals surface area contributed by atoms with Crippen LogP contribution < -0.4 is 0 Å². The fraction of sp³-hybridized carbons (Fsp3) is 0.400. The molecular weight excluding hydrogens is 318 g/mol. The molecule has 0 N–H and O–H groups in total. The van der Waals surface area contributed by atoms with Crippen LogP contribution in [0, 0.1) is 6.92 Å². The van der Waals surface area contributed by atoms with Crippen LogP contribution in [0.5, 0.6) is 0 Å². The lowest BCUT2D eigenvalue weighted by molar-refractivity contribution is 0.419. The van der Waals surface area contributed by atoms with Gasteiger partial charge >= 0.3 is 0 Å². The Balaban J connectivity index is 1.95. The first-order valence-corrected chi connectivity index (χ1v) is 9.87. The van der Waals surface area contributed by atoms with Gasteiger partial charge in [0.15, 0.2) is 0 Å². The van der Waals surface area contributed by atoms with E-state index in [1.165, 1.54) is 16.7 Å². The Morgan fingerprint density at radius 2 is 1.71 bits per heavy atom. The second-order valence-electron chi connectivity index (χ2n) is 6.94. The highest BCUT2D eigenvalue weighted by Crippen LogP contribution is 2.35. The molecule has 1 unspecified atom stereocenters. The van der Waals surface area contributed by atoms with E-state index in [4.69, 9.17) is 0 Å². The molecule has 0 fully saturated rings. The Labute approximate surface area is 145 Å². The maximum atomic E-state index is 13.1. The van der Waals surface area contributed by atoms with Gasteiger partial charge in [-0.05, 0) is 63.8 Å². The summed E-state index contributed by atoms with van der Waals surface area (Å²) < 4.78 is 27.8. The molecule has 0 radical (unpaired) electrons. The molecule has 1 aromatic carbocycles. The summed E-state index contributed by atoms with van der Waals surface area (Å²) in [5.41, 5.74) is 6.19. The largest absolute Gasteiger partial charge is 0.243 e. The van der Waals surface area contributed by atoms with Crippen molar-refractivity contribution >= 4 is 10.0 Å². The normalized spacial score (nSPS) is 26.9. The molecule has 0 bridgehead atoms. The van der Waals surface area contributed by atoms with Gasteiger partial charge in [0.1, 0.15) is 0 Å². The number of nitrogens with zero attached hydrogens (tertiary/aromatic N) is 1. The van der Waals surface area contributed by atoms with E-state index in [0.29, 0.717) is 11.4 Å². The summed E-state index contributed by atoms with van der Waals surface area (Å²) in [6, 6.07) is 7.01. The first-order chi connectivity index (χ1) is 11.3. The Morgan fingerprint density at radius 3 is 2.38 bits per heavy atom. The van der Waals surface area contributed by atoms with E-state index in [9.17, 15) is 8.42 Å². The van der Waals surface area contributed by atoms with Crippen LogP contribution in [0.2, 0.25) is 0 Å². The molecule has 0 amide bonds. The van der Waals surface area contributed by atoms with Gasteiger partial charge in [0, 0.05) is 12.6 Å². The van der Waals surface area contributed by atoms with E-state index in [2.05, 4.69) is 26.0 Å². The Bertz CT molecular complexity index is 842. The van der Waals surface area contributed by atoms with Gasteiger partial charge in [-0.1, -0.05) is 41.0 Å². The van der Waals surface area contributed by atoms with E-state index < -0.39 is 10.0 Å². The molecule has 1 heterocycles. The molecule has 1 aliphatic heterocycles. The van der Waals surface area contributed by atoms with Gasteiger partial charge in [-0.3, -0.25) is 0 Å². The van der Waals surface area contributed by atoms with Crippen LogP contribution >= 0.6 is 0 Å². The minimum Gasteiger partial charge on any atom is -0.207 e. The maximum Gasteiger partial charge on any atom is 0.243 e. The summed E-state index contributed by atoms with van der Waals surface area (Å²) >= 11 is 0. The third-order valence-electron chi connectivity index (χ3n) is 5.19. The van der Waals surface area contributed by atoms with E-state index in [1.54, 1.807) is 16.4 Å². The lowest BCUT2D eigenvalue weighted by Gasteiger charge is -2.22. The Kier molecular flexibility index (Phi) is 4.54. The highest BCUT2D eigenvalue weighted by atomic mass is 32.2. The molecule has 24 heavy (non-hydrogen) atoms. The lowest BCUT2D eigenvalue weighted by Crippen LogP contribution is -2.35. The fourth-order valence-corrected chi connectivity index (χ4v) is 5.04. The summed E-state index contributed by atoms with van der Waals surface area (Å²) in [5.74, 6) is 0. The number of hydrogen-bond donors (Lipinski definition) is 0. The van der Waals surface area contributed by atoms with Crippen LogP contribution in [0.15, 0.2) is 63.6 Å². The predicted molar refractivity (Wildman–Crippen MR) is 98.3 cm³/mol. The Hall–Kier alpha value is -1.65. The number of allylic oxidation sites excluding steroid dienone is 3. The fourth-order valence-electron chi connectivity index (χ4n) is 3.43. The summed E-state index contributed by atoms with van der Waals surface area (Å²) in [4.78, 5) is 0.378. The van der Waals surface area contributed by atoms with Gasteiger partial charge in [-0.25, -0.2) is 8.42 Å². The molecule has 3 nitrogen and oxygen atoms in total. The lowest BCUT2D eigenvalue weighted by atomic mass is 9.93. The SMILES string of the molecule is C/C1=C(\C)CC2=C(/C=C\C1)C(C)N(S(=O)(=O)c1ccc(C)cc1)C2. The summed E-state index contributed by atoms with van der Waals surface area (Å²) in [6.45, 7) is 8.75. The third-order valence-corrected chi connectivity index (χ3v) is 7.12. The molecule has 3 rings (SSSR count). The van der Waals surface area contributed by atoms with E-state index >= 15 is 0 Å². The second-order valence-corrected chi connectivity index (χ2v) is 8.83. The zero-order valence-corrected chi connectivity index (χ0v) is 15.7. The van der Waals surface area contributed by atoms with Gasteiger partial charge in [-0.15, -0.1) is 0 Å². The zero-order chi connectivity index (χ0) is 17.5. The molecule has 0 saturated heterocycles. The Morgan fingerprint density at radius 1 is 1.04 bits per heavy atom. The maximum absolute atomic E-state index is 13.1. The highest BCUT2D eigenvalue weighted by Gasteiger charge is 2.37. The predicted octanol–water partition coefficient (Wildman–Crippen LogP) is 4.37. The minimum absolute atomic E-state index is 0.117. The molecule has 0 spiro atoms. The first kappa shape index (κ1) is 17.2. The summed E-state index contributed by atoms with van der Waals surface area (Å²) in [6.07, 6.45) is 6.10. The number of rotatable bonds is 2. The molecule has 128 valence electrons. The van der Waals surface area contributed by atoms with Crippen LogP contribution in [0.4, 0.5) is 0 Å². The van der Waals surface area contributed by atoms with Crippen molar-refractivity contribution in [3.63, 3.8) is 0 Å². The second kappa shape index (κ2) is 6.34. The molecule has 4 heteroatoms. The van der Waals surface area contributed by atoms with Crippen molar-refractivity contribution in [1.82, 2.24) is 4.31 Å². The van der Waals surface area contributed by atoms with Crippen molar-refractivity contribution in [2.45, 2.75) is 51.5 Å². The molecule has 2 aliphatic rings. The molecule has 1 aliphatic carbocycles. The molecule has 1 atom stereocenters. The van der Waals surface area contributed by atoms with Crippen LogP contribution in [-0.4, -0.2) is 25.3 Å². The van der Waals surface area contributed by atoms with Gasteiger partial charge in [0.05, 0.1) is 4.90 Å². The van der Waals surface area contributed by atoms with E-state index in [0.717, 1.165) is 24.0 Å². The number of aryl methyl sites for hydroxylation is 1. The van der Waals surface area contributed by atoms with Gasteiger partial charge in [0.25, 0.3) is 0 Å². The van der Waals surface area contributed by atoms with Crippen LogP contribution in [-0.2, 0) is 10.0 Å². The summed E-state index contributed by atoms with van der Waals surface area (Å²) in [5, 5.41) is 0. The van der Waals surface area contributed by atoms with Crippen LogP contribution in [0.3, 0.4) is 0 Å². The monoisotopic (exact) mass is 343 g/mol. The van der Waals surface area contributed by atoms with Crippen molar-refractivity contribution in [1.29, 1.82) is 0 Å². The number of hydrogen-bond acceptors (Lipinski definition) is 2. The topological polar surface area (TPSA) is 37.4 Å². The number of sulfonamides is 1. The quantitative estimate of drug-likeness (QED) is 0.748. The molecule has 0 aromatic heterocycles. The van der Waals surface area contributed by atoms with Crippen molar-refractivity contribution in [2.24, 2.45) is 0 Å². The van der Waals surface area contributed by atoms with Crippen molar-refractivity contribution in [3.8, 4) is 0 Å². The molecular formula is C20H25NO2S. The summed E-state index contributed by atoms with van der Waals surface area (Å²) in [7, 11) is -3.48. The average Bonchev–Trinajstić information content (AvgIpc) is 2.83. The van der Waals surface area contributed by atoms with E-state index in [1.807, 2.05) is 26.0 Å². The minimum atomic E-state index is -3.48. The smallest absolute Gasteiger partial charge is 0.207 e. The average molecular weight is 343 g/mol. The van der Waals surface area contributed by atoms with Crippen LogP contribution in [0.25, 0.3) is 0 Å². The zero-order valence-electron chi connectivity index (χ0n) is 14.8. The van der Waals surface area contributed by atoms with Crippen molar-refractivity contribution in [3.05, 3.63) is 64.3 Å². The van der Waals surface area contributed by atoms with Gasteiger partial charge in [-0.2, -0.15) is 4.31 Å². The van der Waals surface area contributed by atoms with Gasteiger partial charge < -0.3 is 0 Å². The molecule has 1 aromatic rings. The number of benzene rings is 1. The van der Waals surface area contributed by atoms with Crippen molar-refractivity contribution in [2.75, 3.05) is 6.54 Å². The van der Waals surface area contributed by atoms with Crippen LogP contribution in [0.1, 0.15) is 39.2 Å². The van der Waals surface area contributed by atoms with E-state index in [-0.39, 0.29) is 6.04 Å². The standard InChI is InChI=1S/C20H25NO2S/c1-14-8-10-19(11-9-14)24(22,23)21-13-18-12-16(3)15(2)6-5-7-20(18)17(21)4/h5,7-11,17H,6,12-13H2,1-4H3/b7-5-,16-15-. The van der Waals surface area contributed by atoms with Gasteiger partial charge in [0.2, 0.25) is 10.0 Å². The van der Waals surface area contributed by atoms with Crippen molar-refractivity contribution < 1.29 is 8.42 Å². The first-order valence-electron chi connectivity index (χ1n) is 8.43. The highest BCUT2D eigenvalue weighted by molar-refractivity contribution is 7.89. The third kappa shape index (κ3) is 3.01. The molecule has 0 saturated carbocycles.